The molecule has 20 rings (SSSR count). The Morgan fingerprint density at radius 1 is 0.402 bits per heavy atom. The summed E-state index contributed by atoms with van der Waals surface area (Å²) in [5, 5.41) is 50.6. The van der Waals surface area contributed by atoms with Gasteiger partial charge in [0.25, 0.3) is 0 Å². The summed E-state index contributed by atoms with van der Waals surface area (Å²) in [7, 11) is 8.23. The molecule has 20 atom stereocenters. The van der Waals surface area contributed by atoms with E-state index in [0.717, 1.165) is 148 Å². The number of thioether (sulfide) groups is 1. The van der Waals surface area contributed by atoms with Crippen LogP contribution < -0.4 is 37.6 Å². The van der Waals surface area contributed by atoms with Crippen LogP contribution in [0.3, 0.4) is 0 Å². The molecule has 10 aliphatic heterocycles. The SMILES string of the molecule is C.C.C.CN(C)C[C@H]1CC[C@@H]2[C@H](O1)c1cc(Br)cc(F)c1N[C@H]2c1ccccc1.CN(C)C[C@H]1CC[C@@H]2[C@H](O1)c1cc(Cl)cc(F)c1N[C@H]2c1ccccc1.N#CSc1cc(F)c2c(c1)C1OC(CO)CCC1C(c1ccccc1)N2.NC[C@H]1CC[C@@H]2[C@H](O1)c1cc(Cl)cc(F)c1N[C@H]2c1ccccc1.OCCNC[C@H]1CC[C@@H]2[C@H](O1)c1cc(Br)cc(F)c1N[C@H]2c1ccccc1. The Morgan fingerprint density at radius 3 is 1.00 bits per heavy atom. The van der Waals surface area contributed by atoms with Crippen molar-refractivity contribution in [1.82, 2.24) is 15.1 Å². The number of aliphatic hydroxyl groups is 2. The highest BCUT2D eigenvalue weighted by Crippen LogP contribution is 2.58. The number of anilines is 5. The Hall–Kier alpha value is -8.21. The van der Waals surface area contributed by atoms with Crippen LogP contribution in [0, 0.1) is 69.3 Å². The molecule has 0 amide bonds. The first kappa shape index (κ1) is 101. The largest absolute Gasteiger partial charge is 0.395 e. The number of nitrogens with zero attached hydrogens (tertiary/aromatic N) is 3. The molecule has 10 aromatic carbocycles. The summed E-state index contributed by atoms with van der Waals surface area (Å²) < 4.78 is 107. The number of nitrogens with one attached hydrogen (secondary N) is 6. The molecular formula is C105H123Br2Cl2F5N10O7S. The first-order valence-corrected chi connectivity index (χ1v) is 47.9. The number of fused-ring (bicyclic) bond motifs is 15. The van der Waals surface area contributed by atoms with Crippen LogP contribution in [-0.4, -0.2) is 125 Å². The van der Waals surface area contributed by atoms with Crippen LogP contribution in [0.25, 0.3) is 0 Å². The Balaban J connectivity index is 0.000000140. The van der Waals surface area contributed by atoms with Gasteiger partial charge in [0.15, 0.2) is 0 Å². The molecule has 17 nitrogen and oxygen atoms in total. The summed E-state index contributed by atoms with van der Waals surface area (Å²) in [5.74, 6) is -0.388. The summed E-state index contributed by atoms with van der Waals surface area (Å²) in [6, 6.07) is 67.6. The predicted octanol–water partition coefficient (Wildman–Crippen LogP) is 25.1. The van der Waals surface area contributed by atoms with Gasteiger partial charge >= 0.3 is 0 Å². The summed E-state index contributed by atoms with van der Waals surface area (Å²) in [6.07, 6.45) is 8.84. The van der Waals surface area contributed by atoms with Crippen molar-refractivity contribution >= 4 is 95.3 Å². The van der Waals surface area contributed by atoms with Crippen molar-refractivity contribution in [3.63, 3.8) is 0 Å². The number of nitriles is 1. The molecule has 5 saturated heterocycles. The highest BCUT2D eigenvalue weighted by molar-refractivity contribution is 9.10. The van der Waals surface area contributed by atoms with E-state index in [0.29, 0.717) is 63.0 Å². The van der Waals surface area contributed by atoms with Crippen molar-refractivity contribution < 1.29 is 55.8 Å². The molecule has 4 unspecified atom stereocenters. The molecule has 5 fully saturated rings. The molecule has 0 spiro atoms. The topological polar surface area (TPSA) is 215 Å². The third kappa shape index (κ3) is 23.2. The number of likely N-dealkylation sites (N-methyl/N-ethyl adjacent to an activating group) is 2. The lowest BCUT2D eigenvalue weighted by Gasteiger charge is -2.46. The predicted molar refractivity (Wildman–Crippen MR) is 528 cm³/mol. The number of hydrogen-bond acceptors (Lipinski definition) is 18. The van der Waals surface area contributed by atoms with Crippen molar-refractivity contribution in [2.75, 3.05) is 101 Å². The van der Waals surface area contributed by atoms with Gasteiger partial charge < -0.3 is 81.3 Å². The van der Waals surface area contributed by atoms with E-state index >= 15 is 0 Å². The Kier molecular flexibility index (Phi) is 35.7. The Bertz CT molecular complexity index is 5360. The Labute approximate surface area is 805 Å². The molecule has 0 saturated carbocycles. The second-order valence-electron chi connectivity index (χ2n) is 35.6. The maximum Gasteiger partial charge on any atom is 0.148 e. The number of hydrogen-bond donors (Lipinski definition) is 9. The average Bonchev–Trinajstić information content (AvgIpc) is 0.760. The van der Waals surface area contributed by atoms with Crippen LogP contribution in [-0.2, 0) is 23.7 Å². The van der Waals surface area contributed by atoms with Gasteiger partial charge in [0, 0.05) is 114 Å². The molecule has 0 radical (unpaired) electrons. The van der Waals surface area contributed by atoms with Crippen molar-refractivity contribution in [3.8, 4) is 5.40 Å². The lowest BCUT2D eigenvalue weighted by Crippen LogP contribution is -2.42. The van der Waals surface area contributed by atoms with E-state index in [4.69, 9.17) is 63.0 Å². The second kappa shape index (κ2) is 46.6. The molecule has 27 heteroatoms. The van der Waals surface area contributed by atoms with Gasteiger partial charge in [-0.3, -0.25) is 0 Å². The lowest BCUT2D eigenvalue weighted by molar-refractivity contribution is -0.110. The van der Waals surface area contributed by atoms with Gasteiger partial charge in [-0.2, -0.15) is 5.26 Å². The first-order chi connectivity index (χ1) is 62.6. The maximum atomic E-state index is 14.8. The summed E-state index contributed by atoms with van der Waals surface area (Å²) in [6.45, 7) is 3.54. The van der Waals surface area contributed by atoms with Gasteiger partial charge in [-0.05, 0) is 193 Å². The minimum atomic E-state index is -0.380. The summed E-state index contributed by atoms with van der Waals surface area (Å²) >= 11 is 20.0. The number of ether oxygens (including phenoxy) is 5. The number of halogens is 9. The second-order valence-corrected chi connectivity index (χ2v) is 39.2. The molecule has 0 aromatic heterocycles. The van der Waals surface area contributed by atoms with Crippen LogP contribution >= 0.6 is 66.8 Å². The van der Waals surface area contributed by atoms with Gasteiger partial charge in [-0.25, -0.2) is 22.0 Å². The van der Waals surface area contributed by atoms with E-state index < -0.39 is 0 Å². The van der Waals surface area contributed by atoms with Crippen LogP contribution in [0.1, 0.15) is 203 Å². The highest BCUT2D eigenvalue weighted by atomic mass is 79.9. The molecule has 10 heterocycles. The van der Waals surface area contributed by atoms with Gasteiger partial charge in [-0.1, -0.05) is 229 Å². The van der Waals surface area contributed by atoms with E-state index in [9.17, 15) is 27.1 Å². The number of thiocyanates is 1. The number of benzene rings is 10. The molecule has 10 N–H and O–H groups in total. The number of aliphatic hydroxyl groups excluding tert-OH is 2. The zero-order chi connectivity index (χ0) is 90.1. The van der Waals surface area contributed by atoms with Crippen LogP contribution in [0.5, 0.6) is 0 Å². The van der Waals surface area contributed by atoms with Gasteiger partial charge in [0.1, 0.15) is 34.5 Å². The minimum Gasteiger partial charge on any atom is -0.395 e. The van der Waals surface area contributed by atoms with Crippen molar-refractivity contribution in [2.45, 2.75) is 183 Å². The van der Waals surface area contributed by atoms with Crippen LogP contribution in [0.15, 0.2) is 226 Å². The third-order valence-corrected chi connectivity index (χ3v) is 28.5. The molecule has 10 aromatic rings. The van der Waals surface area contributed by atoms with E-state index in [2.05, 4.69) is 150 Å². The maximum absolute atomic E-state index is 14.8. The monoisotopic (exact) mass is 1990 g/mol. The summed E-state index contributed by atoms with van der Waals surface area (Å²) in [4.78, 5) is 4.86. The van der Waals surface area contributed by atoms with Crippen molar-refractivity contribution in [2.24, 2.45) is 35.3 Å². The quantitative estimate of drug-likeness (QED) is 0.0190. The van der Waals surface area contributed by atoms with E-state index in [1.54, 1.807) is 0 Å². The van der Waals surface area contributed by atoms with Gasteiger partial charge in [0.2, 0.25) is 0 Å². The third-order valence-electron chi connectivity index (χ3n) is 26.6. The fraction of sp³-hybridized carbons (Fsp3) is 0.419. The average molecular weight is 1990 g/mol. The van der Waals surface area contributed by atoms with E-state index in [-0.39, 0.29) is 185 Å². The number of rotatable bonds is 16. The lowest BCUT2D eigenvalue weighted by atomic mass is 9.76. The van der Waals surface area contributed by atoms with E-state index in [1.807, 2.05) is 139 Å². The fourth-order valence-corrected chi connectivity index (χ4v) is 22.7. The van der Waals surface area contributed by atoms with Gasteiger partial charge in [-0.15, -0.1) is 0 Å². The Morgan fingerprint density at radius 2 is 0.682 bits per heavy atom. The molecule has 132 heavy (non-hydrogen) atoms. The highest BCUT2D eigenvalue weighted by Gasteiger charge is 2.50. The van der Waals surface area contributed by atoms with Gasteiger partial charge in [0.05, 0.1) is 133 Å². The number of nitrogens with two attached hydrogens (primary N) is 1. The smallest absolute Gasteiger partial charge is 0.148 e. The normalized spacial score (nSPS) is 26.9. The van der Waals surface area contributed by atoms with E-state index in [1.165, 1.54) is 35.9 Å². The fourth-order valence-electron chi connectivity index (χ4n) is 20.9. The minimum absolute atomic E-state index is 0. The van der Waals surface area contributed by atoms with Crippen LogP contribution in [0.2, 0.25) is 10.0 Å². The van der Waals surface area contributed by atoms with Crippen molar-refractivity contribution in [1.29, 1.82) is 5.26 Å². The molecule has 704 valence electrons. The zero-order valence-electron chi connectivity index (χ0n) is 72.4. The molecular weight excluding hydrogens is 1870 g/mol. The van der Waals surface area contributed by atoms with Crippen molar-refractivity contribution in [3.05, 3.63) is 316 Å². The molecule has 0 aliphatic carbocycles. The summed E-state index contributed by atoms with van der Waals surface area (Å²) in [5.41, 5.74) is 18.3. The first-order valence-electron chi connectivity index (χ1n) is 44.7. The molecule has 10 aliphatic rings. The zero-order valence-corrected chi connectivity index (χ0v) is 77.9. The van der Waals surface area contributed by atoms with Crippen LogP contribution in [0.4, 0.5) is 50.4 Å². The molecule has 0 bridgehead atoms. The standard InChI is InChI=1S/C21H24BrFN2O2.C21H24BrFN2O.C21H24ClFN2O.C20H19FN2O2S.C19H20ClFN2O.3CH4/c22-14-10-17-20(18(23)11-14)25-19(13-4-2-1-3-5-13)16-7-6-15(27-21(16)17)12-24-8-9-26;2*1-25(2)12-15-8-9-16-19(13-6-4-3-5-7-13)24-20-17(21(16)26-15)10-14(22)11-18(20)23;21-17-9-14(26-11-22)8-16-19(17)23-18(12-4-2-1-3-5-12)15-7-6-13(10-24)25-20(15)16;20-12-8-15-18(16(21)9-12)23-17(11-4-2-1-3-5-11)14-7-6-13(10-22)24-19(14)15;;;/h1-5,10-11,15-16,19,21,24-26H,6-9,12H2;2*3-7,10-11,15-16,19,21,24H,8-9,12H2,1-2H3;1-5,8-9,13,15,18,20,23-24H,6-7,10H2;1-5,8-9,13-14,17,19,23H,6-7,10,22H2;3*1H4/t3*15-,16+,19+,21+;;13-,14+,17+,19+;;;/m111.1.../s1.